The van der Waals surface area contributed by atoms with Gasteiger partial charge >= 0.3 is 0 Å². The summed E-state index contributed by atoms with van der Waals surface area (Å²) in [6.45, 7) is 4.52. The highest BCUT2D eigenvalue weighted by Gasteiger charge is 2.25. The van der Waals surface area contributed by atoms with Crippen LogP contribution in [0.5, 0.6) is 0 Å². The van der Waals surface area contributed by atoms with Crippen molar-refractivity contribution in [2.45, 2.75) is 12.3 Å². The molecule has 2 aliphatic heterocycles. The van der Waals surface area contributed by atoms with Crippen LogP contribution in [0.15, 0.2) is 12.1 Å². The first-order valence-electron chi connectivity index (χ1n) is 6.78. The molecule has 0 radical (unpaired) electrons. The summed E-state index contributed by atoms with van der Waals surface area (Å²) in [4.78, 5) is 2.10. The van der Waals surface area contributed by atoms with Crippen molar-refractivity contribution in [1.29, 1.82) is 0 Å². The Morgan fingerprint density at radius 3 is 2.58 bits per heavy atom. The van der Waals surface area contributed by atoms with E-state index >= 15 is 0 Å². The van der Waals surface area contributed by atoms with Crippen molar-refractivity contribution in [2.75, 3.05) is 44.3 Å². The van der Waals surface area contributed by atoms with Gasteiger partial charge in [0.1, 0.15) is 0 Å². The smallest absolute Gasteiger partial charge is 0.160 e. The normalized spacial score (nSPS) is 23.9. The molecule has 2 heterocycles. The molecule has 0 saturated carbocycles. The summed E-state index contributed by atoms with van der Waals surface area (Å²) in [5.41, 5.74) is 1.75. The van der Waals surface area contributed by atoms with Crippen molar-refractivity contribution in [3.05, 3.63) is 29.3 Å². The molecule has 2 aliphatic rings. The first-order chi connectivity index (χ1) is 9.25. The molecule has 2 saturated heterocycles. The Morgan fingerprint density at radius 2 is 1.89 bits per heavy atom. The van der Waals surface area contributed by atoms with Crippen LogP contribution >= 0.6 is 0 Å². The zero-order valence-electron chi connectivity index (χ0n) is 10.8. The molecule has 0 amide bonds. The molecule has 1 aromatic rings. The molecule has 1 N–H and O–H groups in total. The number of rotatable bonds is 2. The second-order valence-corrected chi connectivity index (χ2v) is 5.11. The summed E-state index contributed by atoms with van der Waals surface area (Å²) < 4.78 is 32.4. The molecule has 5 heteroatoms. The second-order valence-electron chi connectivity index (χ2n) is 5.11. The molecule has 3 rings (SSSR count). The molecule has 0 aliphatic carbocycles. The van der Waals surface area contributed by atoms with Gasteiger partial charge < -0.3 is 15.0 Å². The third-order valence-electron chi connectivity index (χ3n) is 3.92. The number of nitrogens with one attached hydrogen (secondary N) is 1. The standard InChI is InChI=1S/C14H18F2N2O/c15-12-7-11(10-1-2-17-9-10)14(8-13(12)16)18-3-5-19-6-4-18/h7-8,10,17H,1-6,9H2. The van der Waals surface area contributed by atoms with E-state index in [0.29, 0.717) is 13.2 Å². The molecule has 0 bridgehead atoms. The number of hydrogen-bond acceptors (Lipinski definition) is 3. The molecule has 104 valence electrons. The highest BCUT2D eigenvalue weighted by Crippen LogP contribution is 2.33. The van der Waals surface area contributed by atoms with Crippen LogP contribution in [0.4, 0.5) is 14.5 Å². The van der Waals surface area contributed by atoms with Crippen molar-refractivity contribution in [2.24, 2.45) is 0 Å². The van der Waals surface area contributed by atoms with Crippen LogP contribution < -0.4 is 10.2 Å². The van der Waals surface area contributed by atoms with Gasteiger partial charge in [-0.05, 0) is 30.5 Å². The quantitative estimate of drug-likeness (QED) is 0.886. The van der Waals surface area contributed by atoms with Gasteiger partial charge in [0.2, 0.25) is 0 Å². The predicted octanol–water partition coefficient (Wildman–Crippen LogP) is 1.88. The van der Waals surface area contributed by atoms with Crippen LogP contribution in [0.3, 0.4) is 0 Å². The Bertz CT molecular complexity index is 455. The topological polar surface area (TPSA) is 24.5 Å². The van der Waals surface area contributed by atoms with Crippen molar-refractivity contribution in [1.82, 2.24) is 5.32 Å². The van der Waals surface area contributed by atoms with Crippen molar-refractivity contribution >= 4 is 5.69 Å². The van der Waals surface area contributed by atoms with Crippen LogP contribution in [-0.4, -0.2) is 39.4 Å². The molecule has 2 fully saturated rings. The number of halogens is 2. The van der Waals surface area contributed by atoms with Crippen molar-refractivity contribution in [3.8, 4) is 0 Å². The maximum Gasteiger partial charge on any atom is 0.160 e. The summed E-state index contributed by atoms with van der Waals surface area (Å²) in [6, 6.07) is 2.71. The van der Waals surface area contributed by atoms with Gasteiger partial charge in [0.25, 0.3) is 0 Å². The zero-order chi connectivity index (χ0) is 13.2. The second kappa shape index (κ2) is 5.43. The molecular weight excluding hydrogens is 250 g/mol. The Hall–Kier alpha value is -1.20. The van der Waals surface area contributed by atoms with Crippen LogP contribution in [0.1, 0.15) is 17.9 Å². The molecule has 1 unspecified atom stereocenters. The number of morpholine rings is 1. The average Bonchev–Trinajstić information content (AvgIpc) is 2.96. The Labute approximate surface area is 111 Å². The van der Waals surface area contributed by atoms with E-state index in [1.807, 2.05) is 0 Å². The van der Waals surface area contributed by atoms with Crippen LogP contribution in [-0.2, 0) is 4.74 Å². The third-order valence-corrected chi connectivity index (χ3v) is 3.92. The number of benzene rings is 1. The van der Waals surface area contributed by atoms with Crippen LogP contribution in [0.2, 0.25) is 0 Å². The summed E-state index contributed by atoms with van der Waals surface area (Å²) in [5, 5.41) is 3.28. The lowest BCUT2D eigenvalue weighted by Gasteiger charge is -2.32. The first-order valence-corrected chi connectivity index (χ1v) is 6.78. The van der Waals surface area contributed by atoms with E-state index in [-0.39, 0.29) is 5.92 Å². The van der Waals surface area contributed by atoms with E-state index in [1.165, 1.54) is 12.1 Å². The fraction of sp³-hybridized carbons (Fsp3) is 0.571. The van der Waals surface area contributed by atoms with Gasteiger partial charge in [0.05, 0.1) is 13.2 Å². The Kier molecular flexibility index (Phi) is 3.66. The van der Waals surface area contributed by atoms with Crippen LogP contribution in [0.25, 0.3) is 0 Å². The van der Waals surface area contributed by atoms with Gasteiger partial charge in [0.15, 0.2) is 11.6 Å². The number of anilines is 1. The monoisotopic (exact) mass is 268 g/mol. The van der Waals surface area contributed by atoms with Crippen molar-refractivity contribution in [3.63, 3.8) is 0 Å². The number of hydrogen-bond donors (Lipinski definition) is 1. The van der Waals surface area contributed by atoms with Gasteiger partial charge in [-0.3, -0.25) is 0 Å². The minimum Gasteiger partial charge on any atom is -0.378 e. The highest BCUT2D eigenvalue weighted by molar-refractivity contribution is 5.56. The molecular formula is C14H18F2N2O. The van der Waals surface area contributed by atoms with E-state index in [1.54, 1.807) is 0 Å². The van der Waals surface area contributed by atoms with Gasteiger partial charge in [-0.25, -0.2) is 8.78 Å². The fourth-order valence-corrected chi connectivity index (χ4v) is 2.88. The van der Waals surface area contributed by atoms with E-state index < -0.39 is 11.6 Å². The first kappa shape index (κ1) is 12.8. The van der Waals surface area contributed by atoms with Gasteiger partial charge in [-0.15, -0.1) is 0 Å². The average molecular weight is 268 g/mol. The van der Waals surface area contributed by atoms with E-state index in [2.05, 4.69) is 10.2 Å². The van der Waals surface area contributed by atoms with E-state index in [4.69, 9.17) is 4.74 Å². The lowest BCUT2D eigenvalue weighted by molar-refractivity contribution is 0.122. The van der Waals surface area contributed by atoms with E-state index in [0.717, 1.165) is 43.9 Å². The fourth-order valence-electron chi connectivity index (χ4n) is 2.88. The van der Waals surface area contributed by atoms with Gasteiger partial charge in [-0.2, -0.15) is 0 Å². The summed E-state index contributed by atoms with van der Waals surface area (Å²) in [7, 11) is 0. The lowest BCUT2D eigenvalue weighted by Crippen LogP contribution is -2.37. The SMILES string of the molecule is Fc1cc(C2CCNC2)c(N2CCOCC2)cc1F. The molecule has 1 atom stereocenters. The molecule has 19 heavy (non-hydrogen) atoms. The molecule has 0 spiro atoms. The predicted molar refractivity (Wildman–Crippen MR) is 69.6 cm³/mol. The largest absolute Gasteiger partial charge is 0.378 e. The zero-order valence-corrected chi connectivity index (χ0v) is 10.8. The van der Waals surface area contributed by atoms with E-state index in [9.17, 15) is 8.78 Å². The van der Waals surface area contributed by atoms with Gasteiger partial charge in [-0.1, -0.05) is 0 Å². The van der Waals surface area contributed by atoms with Gasteiger partial charge in [0, 0.05) is 31.4 Å². The molecule has 3 nitrogen and oxygen atoms in total. The lowest BCUT2D eigenvalue weighted by atomic mass is 9.95. The number of nitrogens with zero attached hydrogens (tertiary/aromatic N) is 1. The Balaban J connectivity index is 1.97. The summed E-state index contributed by atoms with van der Waals surface area (Å²) in [5.74, 6) is -1.25. The number of ether oxygens (including phenoxy) is 1. The molecule has 0 aromatic heterocycles. The maximum atomic E-state index is 13.6. The maximum absolute atomic E-state index is 13.6. The highest BCUT2D eigenvalue weighted by atomic mass is 19.2. The Morgan fingerprint density at radius 1 is 1.16 bits per heavy atom. The minimum atomic E-state index is -0.767. The summed E-state index contributed by atoms with van der Waals surface area (Å²) in [6.07, 6.45) is 0.975. The van der Waals surface area contributed by atoms with Crippen LogP contribution in [0, 0.1) is 11.6 Å². The minimum absolute atomic E-state index is 0.271. The van der Waals surface area contributed by atoms with Crippen molar-refractivity contribution < 1.29 is 13.5 Å². The third kappa shape index (κ3) is 2.58. The molecule has 1 aromatic carbocycles. The summed E-state index contributed by atoms with van der Waals surface area (Å²) >= 11 is 0.